The van der Waals surface area contributed by atoms with Gasteiger partial charge in [-0.05, 0) is 27.9 Å². The van der Waals surface area contributed by atoms with Gasteiger partial charge < -0.3 is 14.8 Å². The second-order valence-electron chi connectivity index (χ2n) is 5.76. The minimum atomic E-state index is -0.599. The summed E-state index contributed by atoms with van der Waals surface area (Å²) < 4.78 is 12.1. The van der Waals surface area contributed by atoms with Crippen molar-refractivity contribution in [1.82, 2.24) is 25.5 Å². The maximum absolute atomic E-state index is 12.3. The van der Waals surface area contributed by atoms with Crippen LogP contribution in [-0.2, 0) is 9.53 Å². The summed E-state index contributed by atoms with van der Waals surface area (Å²) >= 11 is 1.19. The molecule has 27 heavy (non-hydrogen) atoms. The Morgan fingerprint density at radius 1 is 1.33 bits per heavy atom. The van der Waals surface area contributed by atoms with E-state index in [0.717, 1.165) is 11.3 Å². The van der Waals surface area contributed by atoms with Crippen molar-refractivity contribution in [2.45, 2.75) is 12.5 Å². The molecular weight excluding hydrogens is 370 g/mol. The van der Waals surface area contributed by atoms with Gasteiger partial charge in [0.1, 0.15) is 17.0 Å². The van der Waals surface area contributed by atoms with Crippen molar-refractivity contribution in [2.24, 2.45) is 0 Å². The maximum atomic E-state index is 12.3. The number of nitrogens with one attached hydrogen (secondary N) is 1. The topological polar surface area (TPSA) is 108 Å². The zero-order chi connectivity index (χ0) is 18.6. The number of rotatable bonds is 5. The molecule has 4 rings (SSSR count). The highest BCUT2D eigenvalue weighted by atomic mass is 32.1. The summed E-state index contributed by atoms with van der Waals surface area (Å²) in [5.41, 5.74) is 1.43. The van der Waals surface area contributed by atoms with Crippen molar-refractivity contribution in [1.29, 1.82) is 0 Å². The Balaban J connectivity index is 1.37. The molecule has 2 aromatic heterocycles. The first kappa shape index (κ1) is 17.2. The van der Waals surface area contributed by atoms with Gasteiger partial charge in [0.2, 0.25) is 0 Å². The number of hydrogen-bond donors (Lipinski definition) is 1. The van der Waals surface area contributed by atoms with Gasteiger partial charge in [-0.3, -0.25) is 4.79 Å². The largest absolute Gasteiger partial charge is 0.493 e. The smallest absolute Gasteiger partial charge is 0.351 e. The summed E-state index contributed by atoms with van der Waals surface area (Å²) in [7, 11) is 0. The van der Waals surface area contributed by atoms with Crippen molar-refractivity contribution in [2.75, 3.05) is 13.2 Å². The van der Waals surface area contributed by atoms with E-state index in [1.54, 1.807) is 11.4 Å². The number of nitrogens with zero attached hydrogens (tertiary/aromatic N) is 4. The highest BCUT2D eigenvalue weighted by Gasteiger charge is 2.24. The first-order chi connectivity index (χ1) is 13.2. The fraction of sp³-hybridized carbons (Fsp3) is 0.235. The number of thiophene rings is 1. The van der Waals surface area contributed by atoms with Gasteiger partial charge in [0.25, 0.3) is 5.91 Å². The van der Waals surface area contributed by atoms with E-state index in [2.05, 4.69) is 20.8 Å². The molecule has 1 aliphatic heterocycles. The third-order valence-corrected chi connectivity index (χ3v) is 4.94. The predicted molar refractivity (Wildman–Crippen MR) is 94.8 cm³/mol. The molecule has 1 atom stereocenters. The van der Waals surface area contributed by atoms with Gasteiger partial charge in [-0.25, -0.2) is 4.79 Å². The molecule has 0 aliphatic carbocycles. The van der Waals surface area contributed by atoms with Crippen LogP contribution < -0.4 is 10.1 Å². The Bertz CT molecular complexity index is 956. The van der Waals surface area contributed by atoms with Crippen LogP contribution in [-0.4, -0.2) is 45.3 Å². The van der Waals surface area contributed by atoms with Gasteiger partial charge in [0, 0.05) is 12.0 Å². The Hall–Kier alpha value is -3.27. The number of para-hydroxylation sites is 1. The molecule has 1 amide bonds. The molecule has 0 radical (unpaired) electrons. The van der Waals surface area contributed by atoms with Gasteiger partial charge in [-0.15, -0.1) is 16.4 Å². The zero-order valence-electron chi connectivity index (χ0n) is 14.1. The van der Waals surface area contributed by atoms with E-state index in [1.165, 1.54) is 22.3 Å². The molecule has 0 fully saturated rings. The zero-order valence-corrected chi connectivity index (χ0v) is 14.9. The number of fused-ring (bicyclic) bond motifs is 1. The Morgan fingerprint density at radius 3 is 3.07 bits per heavy atom. The number of carbonyl (C=O) groups excluding carboxylic acids is 2. The number of carbonyl (C=O) groups is 2. The average Bonchev–Trinajstić information content (AvgIpc) is 3.37. The van der Waals surface area contributed by atoms with E-state index in [1.807, 2.05) is 24.3 Å². The number of amides is 1. The molecule has 10 heteroatoms. The van der Waals surface area contributed by atoms with Crippen molar-refractivity contribution in [3.63, 3.8) is 0 Å². The van der Waals surface area contributed by atoms with Gasteiger partial charge in [0.05, 0.1) is 18.3 Å². The third-order valence-electron chi connectivity index (χ3n) is 4.05. The molecule has 1 unspecified atom stereocenters. The first-order valence-corrected chi connectivity index (χ1v) is 9.09. The Morgan fingerprint density at radius 2 is 2.22 bits per heavy atom. The molecule has 0 bridgehead atoms. The highest BCUT2D eigenvalue weighted by Crippen LogP contribution is 2.31. The second-order valence-corrected chi connectivity index (χ2v) is 6.68. The van der Waals surface area contributed by atoms with Crippen LogP contribution in [0.25, 0.3) is 5.69 Å². The molecule has 3 heterocycles. The molecule has 9 nitrogen and oxygen atoms in total. The number of esters is 1. The first-order valence-electron chi connectivity index (χ1n) is 8.21. The number of tetrazole rings is 1. The van der Waals surface area contributed by atoms with Crippen LogP contribution in [0.2, 0.25) is 0 Å². The lowest BCUT2D eigenvalue weighted by molar-refractivity contribution is -0.125. The number of ether oxygens (including phenoxy) is 2. The SMILES string of the molecule is O=C(COC(=O)c1sccc1-n1cnnn1)NC1CCOc2ccccc21. The standard InChI is InChI=1S/C17H15N5O4S/c23-15(19-12-5-7-25-14-4-2-1-3-11(12)14)9-26-17(24)16-13(6-8-27-16)22-10-18-20-21-22/h1-4,6,8,10,12H,5,7,9H2,(H,19,23). The molecule has 138 valence electrons. The Labute approximate surface area is 157 Å². The van der Waals surface area contributed by atoms with E-state index < -0.39 is 5.97 Å². The quantitative estimate of drug-likeness (QED) is 0.663. The minimum absolute atomic E-state index is 0.167. The average molecular weight is 385 g/mol. The third kappa shape index (κ3) is 3.65. The van der Waals surface area contributed by atoms with Crippen molar-refractivity contribution in [3.8, 4) is 11.4 Å². The van der Waals surface area contributed by atoms with Crippen LogP contribution in [0.15, 0.2) is 42.0 Å². The molecule has 1 aliphatic rings. The van der Waals surface area contributed by atoms with E-state index in [9.17, 15) is 9.59 Å². The second kappa shape index (κ2) is 7.54. The fourth-order valence-corrected chi connectivity index (χ4v) is 3.60. The lowest BCUT2D eigenvalue weighted by atomic mass is 10.0. The van der Waals surface area contributed by atoms with Crippen LogP contribution in [0.5, 0.6) is 5.75 Å². The molecule has 3 aromatic rings. The minimum Gasteiger partial charge on any atom is -0.493 e. The van der Waals surface area contributed by atoms with Crippen LogP contribution >= 0.6 is 11.3 Å². The molecule has 1 aromatic carbocycles. The monoisotopic (exact) mass is 385 g/mol. The lowest BCUT2D eigenvalue weighted by Gasteiger charge is -2.26. The summed E-state index contributed by atoms with van der Waals surface area (Å²) in [5, 5.41) is 15.5. The molecular formula is C17H15N5O4S. The number of aromatic nitrogens is 4. The Kier molecular flexibility index (Phi) is 4.79. The van der Waals surface area contributed by atoms with E-state index in [4.69, 9.17) is 9.47 Å². The highest BCUT2D eigenvalue weighted by molar-refractivity contribution is 7.12. The van der Waals surface area contributed by atoms with E-state index >= 15 is 0 Å². The van der Waals surface area contributed by atoms with E-state index in [0.29, 0.717) is 23.6 Å². The molecule has 0 saturated heterocycles. The normalized spacial score (nSPS) is 15.5. The summed E-state index contributed by atoms with van der Waals surface area (Å²) in [4.78, 5) is 24.9. The van der Waals surface area contributed by atoms with Crippen LogP contribution in [0, 0.1) is 0 Å². The number of hydrogen-bond acceptors (Lipinski definition) is 8. The van der Waals surface area contributed by atoms with Crippen LogP contribution in [0.3, 0.4) is 0 Å². The van der Waals surface area contributed by atoms with Crippen molar-refractivity contribution < 1.29 is 19.1 Å². The summed E-state index contributed by atoms with van der Waals surface area (Å²) in [6.45, 7) is 0.150. The fourth-order valence-electron chi connectivity index (χ4n) is 2.83. The summed E-state index contributed by atoms with van der Waals surface area (Å²) in [6, 6.07) is 9.09. The van der Waals surface area contributed by atoms with Crippen molar-refractivity contribution in [3.05, 3.63) is 52.5 Å². The lowest BCUT2D eigenvalue weighted by Crippen LogP contribution is -2.35. The van der Waals surface area contributed by atoms with Gasteiger partial charge >= 0.3 is 5.97 Å². The van der Waals surface area contributed by atoms with E-state index in [-0.39, 0.29) is 18.6 Å². The van der Waals surface area contributed by atoms with Gasteiger partial charge in [-0.1, -0.05) is 18.2 Å². The summed E-state index contributed by atoms with van der Waals surface area (Å²) in [5.74, 6) is -0.209. The molecule has 1 N–H and O–H groups in total. The van der Waals surface area contributed by atoms with Crippen molar-refractivity contribution >= 4 is 23.2 Å². The molecule has 0 spiro atoms. The summed E-state index contributed by atoms with van der Waals surface area (Å²) in [6.07, 6.45) is 2.04. The number of benzene rings is 1. The van der Waals surface area contributed by atoms with Gasteiger partial charge in [0.15, 0.2) is 6.61 Å². The maximum Gasteiger partial charge on any atom is 0.351 e. The van der Waals surface area contributed by atoms with Gasteiger partial charge in [-0.2, -0.15) is 4.68 Å². The molecule has 0 saturated carbocycles. The van der Waals surface area contributed by atoms with Crippen LogP contribution in [0.4, 0.5) is 0 Å². The van der Waals surface area contributed by atoms with Crippen LogP contribution in [0.1, 0.15) is 27.7 Å². The predicted octanol–water partition coefficient (Wildman–Crippen LogP) is 1.52.